The number of hydrogen-bond acceptors (Lipinski definition) is 5. The highest BCUT2D eigenvalue weighted by Crippen LogP contribution is 2.22. The first-order chi connectivity index (χ1) is 12.7. The van der Waals surface area contributed by atoms with E-state index in [0.29, 0.717) is 18.0 Å². The molecule has 1 aromatic heterocycles. The molecular formula is C18H29N5O3S. The van der Waals surface area contributed by atoms with Gasteiger partial charge in [0.15, 0.2) is 0 Å². The number of carbonyl (C=O) groups excluding carboxylic acids is 1. The van der Waals surface area contributed by atoms with Gasteiger partial charge in [0.25, 0.3) is 0 Å². The first kappa shape index (κ1) is 21.3. The van der Waals surface area contributed by atoms with E-state index in [4.69, 9.17) is 0 Å². The van der Waals surface area contributed by atoms with Crippen molar-refractivity contribution in [3.8, 4) is 0 Å². The lowest BCUT2D eigenvalue weighted by atomic mass is 10.1. The molecule has 1 atom stereocenters. The smallest absolute Gasteiger partial charge is 0.243 e. The van der Waals surface area contributed by atoms with Gasteiger partial charge in [0.2, 0.25) is 15.9 Å². The fraction of sp³-hybridized carbons (Fsp3) is 0.611. The molecule has 0 bridgehead atoms. The SMILES string of the molecule is CC[C@H](C)n1nnc2cc(S(=O)(=O)N(C)CC(=O)NCCC(C)C)ccc21. The van der Waals surface area contributed by atoms with Crippen molar-refractivity contribution in [3.63, 3.8) is 0 Å². The van der Waals surface area contributed by atoms with Crippen LogP contribution in [0.2, 0.25) is 0 Å². The van der Waals surface area contributed by atoms with E-state index >= 15 is 0 Å². The first-order valence-corrected chi connectivity index (χ1v) is 10.7. The van der Waals surface area contributed by atoms with E-state index < -0.39 is 10.0 Å². The maximum absolute atomic E-state index is 12.8. The van der Waals surface area contributed by atoms with Gasteiger partial charge in [-0.25, -0.2) is 13.1 Å². The molecule has 0 saturated carbocycles. The average molecular weight is 396 g/mol. The van der Waals surface area contributed by atoms with Gasteiger partial charge in [-0.05, 0) is 43.9 Å². The van der Waals surface area contributed by atoms with Crippen LogP contribution in [0.4, 0.5) is 0 Å². The van der Waals surface area contributed by atoms with Crippen LogP contribution in [-0.2, 0) is 14.8 Å². The number of carbonyl (C=O) groups is 1. The summed E-state index contributed by atoms with van der Waals surface area (Å²) >= 11 is 0. The zero-order valence-corrected chi connectivity index (χ0v) is 17.5. The number of aromatic nitrogens is 3. The van der Waals surface area contributed by atoms with Gasteiger partial charge < -0.3 is 5.32 Å². The summed E-state index contributed by atoms with van der Waals surface area (Å²) in [6.45, 7) is 8.53. The summed E-state index contributed by atoms with van der Waals surface area (Å²) in [5, 5.41) is 11.0. The number of nitrogens with zero attached hydrogens (tertiary/aromatic N) is 4. The van der Waals surface area contributed by atoms with E-state index in [-0.39, 0.29) is 23.4 Å². The van der Waals surface area contributed by atoms with Crippen molar-refractivity contribution in [2.75, 3.05) is 20.1 Å². The Morgan fingerprint density at radius 2 is 2.00 bits per heavy atom. The third kappa shape index (κ3) is 5.04. The Morgan fingerprint density at radius 3 is 2.63 bits per heavy atom. The number of sulfonamides is 1. The fourth-order valence-corrected chi connectivity index (χ4v) is 3.75. The van der Waals surface area contributed by atoms with Crippen molar-refractivity contribution in [1.29, 1.82) is 0 Å². The number of hydrogen-bond donors (Lipinski definition) is 1. The number of nitrogens with one attached hydrogen (secondary N) is 1. The molecule has 0 saturated heterocycles. The van der Waals surface area contributed by atoms with Crippen LogP contribution in [0.5, 0.6) is 0 Å². The zero-order chi connectivity index (χ0) is 20.2. The summed E-state index contributed by atoms with van der Waals surface area (Å²) in [6, 6.07) is 4.93. The lowest BCUT2D eigenvalue weighted by Gasteiger charge is -2.17. The second-order valence-corrected chi connectivity index (χ2v) is 9.28. The van der Waals surface area contributed by atoms with Crippen LogP contribution in [0.1, 0.15) is 46.6 Å². The Balaban J connectivity index is 2.14. The van der Waals surface area contributed by atoms with Crippen molar-refractivity contribution in [2.24, 2.45) is 5.92 Å². The Labute approximate surface area is 161 Å². The quantitative estimate of drug-likeness (QED) is 0.702. The highest BCUT2D eigenvalue weighted by molar-refractivity contribution is 7.89. The molecule has 0 fully saturated rings. The number of amides is 1. The van der Waals surface area contributed by atoms with Gasteiger partial charge >= 0.3 is 0 Å². The fourth-order valence-electron chi connectivity index (χ4n) is 2.60. The molecule has 0 aliphatic heterocycles. The summed E-state index contributed by atoms with van der Waals surface area (Å²) in [5.74, 6) is 0.160. The van der Waals surface area contributed by atoms with Crippen molar-refractivity contribution < 1.29 is 13.2 Å². The summed E-state index contributed by atoms with van der Waals surface area (Å²) in [7, 11) is -2.39. The van der Waals surface area contributed by atoms with Crippen molar-refractivity contribution >= 4 is 27.0 Å². The molecule has 0 unspecified atom stereocenters. The molecule has 1 aromatic carbocycles. The van der Waals surface area contributed by atoms with E-state index in [1.165, 1.54) is 19.2 Å². The predicted molar refractivity (Wildman–Crippen MR) is 105 cm³/mol. The van der Waals surface area contributed by atoms with Gasteiger partial charge in [-0.15, -0.1) is 5.10 Å². The molecular weight excluding hydrogens is 366 g/mol. The first-order valence-electron chi connectivity index (χ1n) is 9.24. The summed E-state index contributed by atoms with van der Waals surface area (Å²) in [6.07, 6.45) is 1.75. The molecule has 2 aromatic rings. The number of rotatable bonds is 9. The number of likely N-dealkylation sites (N-methyl/N-ethyl adjacent to an activating group) is 1. The normalized spacial score (nSPS) is 13.4. The molecule has 27 heavy (non-hydrogen) atoms. The van der Waals surface area contributed by atoms with Crippen LogP contribution in [0.15, 0.2) is 23.1 Å². The Morgan fingerprint density at radius 1 is 1.30 bits per heavy atom. The lowest BCUT2D eigenvalue weighted by molar-refractivity contribution is -0.121. The monoisotopic (exact) mass is 395 g/mol. The molecule has 0 aliphatic carbocycles. The van der Waals surface area contributed by atoms with Gasteiger partial charge in [0, 0.05) is 13.6 Å². The lowest BCUT2D eigenvalue weighted by Crippen LogP contribution is -2.38. The molecule has 1 N–H and O–H groups in total. The molecule has 0 radical (unpaired) electrons. The molecule has 8 nitrogen and oxygen atoms in total. The second kappa shape index (κ2) is 8.79. The van der Waals surface area contributed by atoms with Gasteiger partial charge in [-0.2, -0.15) is 4.31 Å². The predicted octanol–water partition coefficient (Wildman–Crippen LogP) is 2.19. The van der Waals surface area contributed by atoms with Crippen LogP contribution in [-0.4, -0.2) is 53.8 Å². The molecule has 9 heteroatoms. The minimum Gasteiger partial charge on any atom is -0.355 e. The molecule has 1 amide bonds. The van der Waals surface area contributed by atoms with Gasteiger partial charge in [-0.1, -0.05) is 26.0 Å². The van der Waals surface area contributed by atoms with Crippen LogP contribution < -0.4 is 5.32 Å². The third-order valence-corrected chi connectivity index (χ3v) is 6.37. The third-order valence-electron chi connectivity index (χ3n) is 4.57. The summed E-state index contributed by atoms with van der Waals surface area (Å²) in [5.41, 5.74) is 1.31. The maximum atomic E-state index is 12.8. The van der Waals surface area contributed by atoms with Crippen LogP contribution in [0, 0.1) is 5.92 Å². The maximum Gasteiger partial charge on any atom is 0.243 e. The molecule has 0 spiro atoms. The second-order valence-electron chi connectivity index (χ2n) is 7.24. The molecule has 2 rings (SSSR count). The topological polar surface area (TPSA) is 97.2 Å². The zero-order valence-electron chi connectivity index (χ0n) is 16.6. The van der Waals surface area contributed by atoms with E-state index in [2.05, 4.69) is 36.4 Å². The number of fused-ring (bicyclic) bond motifs is 1. The van der Waals surface area contributed by atoms with Crippen molar-refractivity contribution in [1.82, 2.24) is 24.6 Å². The van der Waals surface area contributed by atoms with Crippen LogP contribution >= 0.6 is 0 Å². The Hall–Kier alpha value is -2.00. The largest absolute Gasteiger partial charge is 0.355 e. The minimum atomic E-state index is -3.79. The highest BCUT2D eigenvalue weighted by atomic mass is 32.2. The molecule has 150 valence electrons. The Kier molecular flexibility index (Phi) is 6.94. The molecule has 1 heterocycles. The van der Waals surface area contributed by atoms with E-state index in [1.807, 2.05) is 6.92 Å². The van der Waals surface area contributed by atoms with Gasteiger partial charge in [0.1, 0.15) is 5.52 Å². The van der Waals surface area contributed by atoms with E-state index in [9.17, 15) is 13.2 Å². The van der Waals surface area contributed by atoms with Crippen molar-refractivity contribution in [2.45, 2.75) is 51.5 Å². The van der Waals surface area contributed by atoms with Crippen LogP contribution in [0.3, 0.4) is 0 Å². The Bertz CT molecular complexity index is 892. The highest BCUT2D eigenvalue weighted by Gasteiger charge is 2.24. The van der Waals surface area contributed by atoms with Gasteiger partial charge in [-0.3, -0.25) is 4.79 Å². The average Bonchev–Trinajstić information content (AvgIpc) is 3.03. The minimum absolute atomic E-state index is 0.101. The summed E-state index contributed by atoms with van der Waals surface area (Å²) < 4.78 is 28.4. The molecule has 0 aliphatic rings. The van der Waals surface area contributed by atoms with E-state index in [0.717, 1.165) is 22.7 Å². The standard InChI is InChI=1S/C18H29N5O3S/c1-6-14(4)23-17-8-7-15(11-16(17)20-21-23)27(25,26)22(5)12-18(24)19-10-9-13(2)3/h7-8,11,13-14H,6,9-10,12H2,1-5H3,(H,19,24)/t14-/m0/s1. The van der Waals surface area contributed by atoms with Gasteiger partial charge in [0.05, 0.1) is 23.0 Å². The number of benzene rings is 1. The summed E-state index contributed by atoms with van der Waals surface area (Å²) in [4.78, 5) is 12.1. The van der Waals surface area contributed by atoms with Crippen molar-refractivity contribution in [3.05, 3.63) is 18.2 Å². The van der Waals surface area contributed by atoms with Crippen LogP contribution in [0.25, 0.3) is 11.0 Å². The van der Waals surface area contributed by atoms with E-state index in [1.54, 1.807) is 10.7 Å².